The van der Waals surface area contributed by atoms with Gasteiger partial charge in [-0.2, -0.15) is 4.98 Å². The highest BCUT2D eigenvalue weighted by molar-refractivity contribution is 7.88. The van der Waals surface area contributed by atoms with Crippen LogP contribution in [0.1, 0.15) is 30.1 Å². The number of fused-ring (bicyclic) bond motifs is 1. The SMILES string of the molecule is COc1ccc(CC(=O)N[C@@H]2C[C@H]3CN(S(C)(=O)=O)C[C@@]3(c3nc(C)no3)C2)cc1. The number of nitrogens with one attached hydrogen (secondary N) is 1. The molecule has 162 valence electrons. The summed E-state index contributed by atoms with van der Waals surface area (Å²) in [6, 6.07) is 7.32. The minimum absolute atomic E-state index is 0.0124. The summed E-state index contributed by atoms with van der Waals surface area (Å²) in [5.74, 6) is 1.67. The van der Waals surface area contributed by atoms with E-state index in [0.29, 0.717) is 37.6 Å². The van der Waals surface area contributed by atoms with Crippen LogP contribution in [0.4, 0.5) is 0 Å². The molecule has 30 heavy (non-hydrogen) atoms. The molecule has 1 amide bonds. The number of carbonyl (C=O) groups excluding carboxylic acids is 1. The second kappa shape index (κ2) is 7.66. The lowest BCUT2D eigenvalue weighted by Gasteiger charge is -2.24. The molecule has 1 N–H and O–H groups in total. The molecule has 0 radical (unpaired) electrons. The molecule has 0 spiro atoms. The van der Waals surface area contributed by atoms with Gasteiger partial charge in [0.15, 0.2) is 5.82 Å². The summed E-state index contributed by atoms with van der Waals surface area (Å²) in [6.45, 7) is 2.43. The first-order valence-electron chi connectivity index (χ1n) is 9.88. The molecule has 1 saturated carbocycles. The molecule has 2 fully saturated rings. The van der Waals surface area contributed by atoms with Crippen LogP contribution >= 0.6 is 0 Å². The average molecular weight is 435 g/mol. The summed E-state index contributed by atoms with van der Waals surface area (Å²) in [4.78, 5) is 17.0. The van der Waals surface area contributed by atoms with E-state index < -0.39 is 15.4 Å². The number of carbonyl (C=O) groups is 1. The van der Waals surface area contributed by atoms with E-state index >= 15 is 0 Å². The fourth-order valence-electron chi connectivity index (χ4n) is 4.73. The van der Waals surface area contributed by atoms with E-state index in [1.807, 2.05) is 24.3 Å². The van der Waals surface area contributed by atoms with Crippen LogP contribution in [0.25, 0.3) is 0 Å². The molecule has 3 atom stereocenters. The first kappa shape index (κ1) is 20.8. The Morgan fingerprint density at radius 2 is 2.10 bits per heavy atom. The van der Waals surface area contributed by atoms with Gasteiger partial charge in [0.25, 0.3) is 0 Å². The van der Waals surface area contributed by atoms with Gasteiger partial charge in [-0.05, 0) is 43.4 Å². The van der Waals surface area contributed by atoms with E-state index in [9.17, 15) is 13.2 Å². The molecule has 2 aromatic rings. The maximum atomic E-state index is 12.6. The lowest BCUT2D eigenvalue weighted by molar-refractivity contribution is -0.121. The van der Waals surface area contributed by atoms with Crippen LogP contribution in [0.5, 0.6) is 5.75 Å². The van der Waals surface area contributed by atoms with E-state index in [0.717, 1.165) is 11.3 Å². The molecule has 0 unspecified atom stereocenters. The summed E-state index contributed by atoms with van der Waals surface area (Å²) in [7, 11) is -1.72. The van der Waals surface area contributed by atoms with Crippen LogP contribution in [0.2, 0.25) is 0 Å². The molecule has 2 heterocycles. The van der Waals surface area contributed by atoms with Gasteiger partial charge >= 0.3 is 0 Å². The minimum atomic E-state index is -3.33. The maximum Gasteiger partial charge on any atom is 0.234 e. The molecule has 10 heteroatoms. The Kier molecular flexibility index (Phi) is 5.31. The van der Waals surface area contributed by atoms with Gasteiger partial charge in [0.2, 0.25) is 21.8 Å². The van der Waals surface area contributed by atoms with E-state index in [2.05, 4.69) is 15.5 Å². The van der Waals surface area contributed by atoms with Crippen molar-refractivity contribution in [2.24, 2.45) is 5.92 Å². The first-order valence-corrected chi connectivity index (χ1v) is 11.7. The molecule has 4 rings (SSSR count). The second-order valence-corrected chi connectivity index (χ2v) is 10.3. The van der Waals surface area contributed by atoms with Crippen LogP contribution in [-0.2, 0) is 26.7 Å². The Morgan fingerprint density at radius 3 is 2.70 bits per heavy atom. The van der Waals surface area contributed by atoms with Crippen molar-refractivity contribution >= 4 is 15.9 Å². The molecule has 2 aliphatic rings. The van der Waals surface area contributed by atoms with Crippen LogP contribution in [0.3, 0.4) is 0 Å². The van der Waals surface area contributed by atoms with E-state index in [1.165, 1.54) is 10.6 Å². The smallest absolute Gasteiger partial charge is 0.234 e. The topological polar surface area (TPSA) is 115 Å². The number of nitrogens with zero attached hydrogens (tertiary/aromatic N) is 3. The van der Waals surface area contributed by atoms with Crippen molar-refractivity contribution in [3.8, 4) is 5.75 Å². The van der Waals surface area contributed by atoms with Gasteiger partial charge in [-0.1, -0.05) is 17.3 Å². The first-order chi connectivity index (χ1) is 14.2. The Bertz CT molecular complexity index is 1040. The molecule has 1 aliphatic heterocycles. The summed E-state index contributed by atoms with van der Waals surface area (Å²) < 4.78 is 36.4. The molecular weight excluding hydrogens is 408 g/mol. The van der Waals surface area contributed by atoms with Crippen molar-refractivity contribution in [3.63, 3.8) is 0 Å². The van der Waals surface area contributed by atoms with Gasteiger partial charge < -0.3 is 14.6 Å². The lowest BCUT2D eigenvalue weighted by Crippen LogP contribution is -2.39. The molecule has 9 nitrogen and oxygen atoms in total. The van der Waals surface area contributed by atoms with Gasteiger partial charge in [0, 0.05) is 19.1 Å². The number of benzene rings is 1. The monoisotopic (exact) mass is 434 g/mol. The van der Waals surface area contributed by atoms with Gasteiger partial charge in [-0.25, -0.2) is 12.7 Å². The van der Waals surface area contributed by atoms with Crippen molar-refractivity contribution in [2.45, 2.75) is 37.6 Å². The van der Waals surface area contributed by atoms with Crippen LogP contribution in [0.15, 0.2) is 28.8 Å². The minimum Gasteiger partial charge on any atom is -0.497 e. The van der Waals surface area contributed by atoms with Gasteiger partial charge in [-0.15, -0.1) is 0 Å². The highest BCUT2D eigenvalue weighted by Crippen LogP contribution is 2.50. The van der Waals surface area contributed by atoms with Crippen LogP contribution < -0.4 is 10.1 Å². The summed E-state index contributed by atoms with van der Waals surface area (Å²) >= 11 is 0. The molecule has 1 aromatic carbocycles. The zero-order valence-corrected chi connectivity index (χ0v) is 18.1. The zero-order valence-electron chi connectivity index (χ0n) is 17.3. The highest BCUT2D eigenvalue weighted by atomic mass is 32.2. The summed E-state index contributed by atoms with van der Waals surface area (Å²) in [6.07, 6.45) is 2.73. The molecular formula is C20H26N4O5S. The van der Waals surface area contributed by atoms with E-state index in [1.54, 1.807) is 14.0 Å². The van der Waals surface area contributed by atoms with Crippen LogP contribution in [0, 0.1) is 12.8 Å². The van der Waals surface area contributed by atoms with Gasteiger partial charge in [0.05, 0.1) is 25.2 Å². The van der Waals surface area contributed by atoms with Crippen molar-refractivity contribution < 1.29 is 22.5 Å². The molecule has 1 saturated heterocycles. The van der Waals surface area contributed by atoms with E-state index in [4.69, 9.17) is 9.26 Å². The van der Waals surface area contributed by atoms with Crippen LogP contribution in [-0.4, -0.2) is 61.3 Å². The third kappa shape index (κ3) is 3.93. The third-order valence-electron chi connectivity index (χ3n) is 6.16. The number of hydrogen-bond donors (Lipinski definition) is 1. The third-order valence-corrected chi connectivity index (χ3v) is 7.37. The average Bonchev–Trinajstić information content (AvgIpc) is 3.34. The number of aryl methyl sites for hydroxylation is 1. The molecule has 0 bridgehead atoms. The Balaban J connectivity index is 1.48. The maximum absolute atomic E-state index is 12.6. The quantitative estimate of drug-likeness (QED) is 0.722. The Labute approximate surface area is 175 Å². The Hall–Kier alpha value is -2.46. The standard InChI is InChI=1S/C20H26N4O5S/c1-13-21-19(29-23-13)20-10-16(9-15(20)11-24(12-20)30(3,26)27)22-18(25)8-14-4-6-17(28-2)7-5-14/h4-7,15-16H,8-12H2,1-3H3,(H,22,25)/t15-,16+,20-/m0/s1. The largest absolute Gasteiger partial charge is 0.497 e. The predicted molar refractivity (Wildman–Crippen MR) is 108 cm³/mol. The van der Waals surface area contributed by atoms with Crippen molar-refractivity contribution in [2.75, 3.05) is 26.5 Å². The van der Waals surface area contributed by atoms with Gasteiger partial charge in [-0.3, -0.25) is 4.79 Å². The Morgan fingerprint density at radius 1 is 1.37 bits per heavy atom. The molecule has 1 aromatic heterocycles. The number of aromatic nitrogens is 2. The number of amides is 1. The fraction of sp³-hybridized carbons (Fsp3) is 0.550. The molecule has 1 aliphatic carbocycles. The van der Waals surface area contributed by atoms with Gasteiger partial charge in [0.1, 0.15) is 5.75 Å². The van der Waals surface area contributed by atoms with Crippen molar-refractivity contribution in [1.29, 1.82) is 0 Å². The number of rotatable bonds is 6. The van der Waals surface area contributed by atoms with E-state index in [-0.39, 0.29) is 24.3 Å². The normalized spacial score (nSPS) is 26.5. The number of sulfonamides is 1. The van der Waals surface area contributed by atoms with Crippen molar-refractivity contribution in [3.05, 3.63) is 41.5 Å². The van der Waals surface area contributed by atoms with Crippen molar-refractivity contribution in [1.82, 2.24) is 19.8 Å². The lowest BCUT2D eigenvalue weighted by atomic mass is 9.80. The summed E-state index contributed by atoms with van der Waals surface area (Å²) in [5.41, 5.74) is 0.333. The number of hydrogen-bond acceptors (Lipinski definition) is 7. The number of ether oxygens (including phenoxy) is 1. The predicted octanol–water partition coefficient (Wildman–Crippen LogP) is 1.04. The zero-order chi connectivity index (χ0) is 21.5. The number of methoxy groups -OCH3 is 1. The fourth-order valence-corrected chi connectivity index (χ4v) is 5.64. The summed E-state index contributed by atoms with van der Waals surface area (Å²) in [5, 5.41) is 7.02. The highest BCUT2D eigenvalue weighted by Gasteiger charge is 2.58. The second-order valence-electron chi connectivity index (χ2n) is 8.28.